The molecule has 3 rings (SSSR count). The minimum absolute atomic E-state index is 0. The quantitative estimate of drug-likeness (QED) is 0.334. The van der Waals surface area contributed by atoms with Gasteiger partial charge in [-0.3, -0.25) is 4.99 Å². The molecule has 3 nitrogen and oxygen atoms in total. The topological polar surface area (TPSA) is 27.6 Å². The van der Waals surface area contributed by atoms with Gasteiger partial charge in [0.25, 0.3) is 0 Å². The standard InChI is InChI=1S/C17H25N3S.HI/c1-18-17(19-11-14-7-8-14)20-10-9-15(12-20)13-21-16-5-3-2-4-6-16;/h2-6,14-15H,7-13H2,1H3,(H,18,19);1H. The zero-order valence-corrected chi connectivity index (χ0v) is 16.3. The molecule has 122 valence electrons. The van der Waals surface area contributed by atoms with Crippen molar-refractivity contribution in [2.45, 2.75) is 24.2 Å². The van der Waals surface area contributed by atoms with E-state index in [0.29, 0.717) is 0 Å². The summed E-state index contributed by atoms with van der Waals surface area (Å²) < 4.78 is 0. The van der Waals surface area contributed by atoms with Gasteiger partial charge in [-0.1, -0.05) is 18.2 Å². The van der Waals surface area contributed by atoms with E-state index in [0.717, 1.165) is 37.4 Å². The summed E-state index contributed by atoms with van der Waals surface area (Å²) in [5.74, 6) is 3.98. The maximum atomic E-state index is 4.45. The second-order valence-corrected chi connectivity index (χ2v) is 7.19. The van der Waals surface area contributed by atoms with Crippen LogP contribution in [0.25, 0.3) is 0 Å². The molecule has 0 radical (unpaired) electrons. The van der Waals surface area contributed by atoms with Gasteiger partial charge in [0.2, 0.25) is 0 Å². The second kappa shape index (κ2) is 9.01. The Morgan fingerprint density at radius 2 is 2.00 bits per heavy atom. The van der Waals surface area contributed by atoms with Crippen LogP contribution >= 0.6 is 35.7 Å². The van der Waals surface area contributed by atoms with Crippen LogP contribution in [0.3, 0.4) is 0 Å². The molecule has 1 saturated carbocycles. The van der Waals surface area contributed by atoms with Crippen molar-refractivity contribution in [2.75, 3.05) is 32.4 Å². The highest BCUT2D eigenvalue weighted by Crippen LogP contribution is 2.28. The first-order valence-electron chi connectivity index (χ1n) is 7.98. The molecule has 2 aliphatic rings. The molecule has 5 heteroatoms. The molecular formula is C17H26IN3S. The molecule has 0 spiro atoms. The Bertz CT molecular complexity index is 476. The minimum atomic E-state index is 0. The zero-order valence-electron chi connectivity index (χ0n) is 13.2. The summed E-state index contributed by atoms with van der Waals surface area (Å²) in [7, 11) is 1.90. The van der Waals surface area contributed by atoms with E-state index in [4.69, 9.17) is 0 Å². The molecule has 1 saturated heterocycles. The number of benzene rings is 1. The Labute approximate surface area is 155 Å². The van der Waals surface area contributed by atoms with Gasteiger partial charge in [0.1, 0.15) is 0 Å². The molecule has 0 aromatic heterocycles. The Morgan fingerprint density at radius 3 is 2.68 bits per heavy atom. The first-order chi connectivity index (χ1) is 10.3. The van der Waals surface area contributed by atoms with Crippen LogP contribution in [0.4, 0.5) is 0 Å². The first kappa shape index (κ1) is 17.9. The monoisotopic (exact) mass is 431 g/mol. The Balaban J connectivity index is 0.00000176. The van der Waals surface area contributed by atoms with E-state index in [9.17, 15) is 0 Å². The van der Waals surface area contributed by atoms with Gasteiger partial charge in [-0.05, 0) is 43.2 Å². The third-order valence-corrected chi connectivity index (χ3v) is 5.52. The lowest BCUT2D eigenvalue weighted by Gasteiger charge is -2.21. The maximum Gasteiger partial charge on any atom is 0.193 e. The number of guanidine groups is 1. The largest absolute Gasteiger partial charge is 0.356 e. The fraction of sp³-hybridized carbons (Fsp3) is 0.588. The SMILES string of the molecule is CN=C(NCC1CC1)N1CCC(CSc2ccccc2)C1.I. The van der Waals surface area contributed by atoms with Crippen molar-refractivity contribution < 1.29 is 0 Å². The molecule has 0 bridgehead atoms. The fourth-order valence-electron chi connectivity index (χ4n) is 2.78. The molecule has 1 N–H and O–H groups in total. The van der Waals surface area contributed by atoms with Crippen LogP contribution in [0.1, 0.15) is 19.3 Å². The second-order valence-electron chi connectivity index (χ2n) is 6.10. The smallest absolute Gasteiger partial charge is 0.193 e. The van der Waals surface area contributed by atoms with E-state index in [1.807, 2.05) is 18.8 Å². The molecule has 1 unspecified atom stereocenters. The molecular weight excluding hydrogens is 405 g/mol. The van der Waals surface area contributed by atoms with E-state index in [2.05, 4.69) is 45.5 Å². The lowest BCUT2D eigenvalue weighted by atomic mass is 10.2. The Kier molecular flexibility index (Phi) is 7.34. The average Bonchev–Trinajstić information content (AvgIpc) is 3.24. The molecule has 1 heterocycles. The third-order valence-electron chi connectivity index (χ3n) is 4.27. The highest BCUT2D eigenvalue weighted by Gasteiger charge is 2.26. The number of hydrogen-bond donors (Lipinski definition) is 1. The predicted molar refractivity (Wildman–Crippen MR) is 106 cm³/mol. The molecule has 1 aromatic rings. The molecule has 2 fully saturated rings. The molecule has 1 atom stereocenters. The molecule has 22 heavy (non-hydrogen) atoms. The van der Waals surface area contributed by atoms with Crippen LogP contribution in [0.5, 0.6) is 0 Å². The van der Waals surface area contributed by atoms with Crippen molar-refractivity contribution in [3.05, 3.63) is 30.3 Å². The van der Waals surface area contributed by atoms with E-state index in [1.54, 1.807) is 0 Å². The number of likely N-dealkylation sites (tertiary alicyclic amines) is 1. The van der Waals surface area contributed by atoms with Crippen LogP contribution in [-0.4, -0.2) is 43.3 Å². The van der Waals surface area contributed by atoms with Gasteiger partial charge in [0, 0.05) is 37.3 Å². The summed E-state index contributed by atoms with van der Waals surface area (Å²) in [6, 6.07) is 10.7. The number of halogens is 1. The molecule has 1 aromatic carbocycles. The van der Waals surface area contributed by atoms with Gasteiger partial charge in [-0.2, -0.15) is 0 Å². The number of hydrogen-bond acceptors (Lipinski definition) is 2. The van der Waals surface area contributed by atoms with Gasteiger partial charge in [-0.25, -0.2) is 0 Å². The summed E-state index contributed by atoms with van der Waals surface area (Å²) in [4.78, 5) is 8.26. The van der Waals surface area contributed by atoms with Crippen LogP contribution in [0.15, 0.2) is 40.2 Å². The van der Waals surface area contributed by atoms with E-state index in [-0.39, 0.29) is 24.0 Å². The lowest BCUT2D eigenvalue weighted by molar-refractivity contribution is 0.472. The summed E-state index contributed by atoms with van der Waals surface area (Å²) >= 11 is 1.98. The predicted octanol–water partition coefficient (Wildman–Crippen LogP) is 3.70. The van der Waals surface area contributed by atoms with Crippen LogP contribution in [0, 0.1) is 11.8 Å². The van der Waals surface area contributed by atoms with E-state index < -0.39 is 0 Å². The Hall–Kier alpha value is -0.430. The number of nitrogens with one attached hydrogen (secondary N) is 1. The van der Waals surface area contributed by atoms with E-state index >= 15 is 0 Å². The van der Waals surface area contributed by atoms with Gasteiger partial charge in [-0.15, -0.1) is 35.7 Å². The fourth-order valence-corrected chi connectivity index (χ4v) is 3.83. The van der Waals surface area contributed by atoms with Crippen molar-refractivity contribution in [3.8, 4) is 0 Å². The van der Waals surface area contributed by atoms with Gasteiger partial charge < -0.3 is 10.2 Å². The summed E-state index contributed by atoms with van der Waals surface area (Å²) in [5, 5.41) is 3.54. The number of nitrogens with zero attached hydrogens (tertiary/aromatic N) is 2. The van der Waals surface area contributed by atoms with Crippen LogP contribution < -0.4 is 5.32 Å². The van der Waals surface area contributed by atoms with Crippen LogP contribution in [-0.2, 0) is 0 Å². The third kappa shape index (κ3) is 5.33. The summed E-state index contributed by atoms with van der Waals surface area (Å²) in [5.41, 5.74) is 0. The normalized spacial score (nSPS) is 21.6. The molecule has 1 aliphatic heterocycles. The highest BCUT2D eigenvalue weighted by molar-refractivity contribution is 14.0. The molecule has 1 aliphatic carbocycles. The summed E-state index contributed by atoms with van der Waals surface area (Å²) in [6.45, 7) is 3.39. The van der Waals surface area contributed by atoms with Gasteiger partial charge in [0.15, 0.2) is 5.96 Å². The van der Waals surface area contributed by atoms with Crippen molar-refractivity contribution in [3.63, 3.8) is 0 Å². The van der Waals surface area contributed by atoms with Gasteiger partial charge in [0.05, 0.1) is 0 Å². The van der Waals surface area contributed by atoms with E-state index in [1.165, 1.54) is 29.9 Å². The van der Waals surface area contributed by atoms with Crippen molar-refractivity contribution in [1.82, 2.24) is 10.2 Å². The summed E-state index contributed by atoms with van der Waals surface area (Å²) in [6.07, 6.45) is 4.06. The van der Waals surface area contributed by atoms with Crippen molar-refractivity contribution >= 4 is 41.7 Å². The van der Waals surface area contributed by atoms with Gasteiger partial charge >= 0.3 is 0 Å². The van der Waals surface area contributed by atoms with Crippen LogP contribution in [0.2, 0.25) is 0 Å². The zero-order chi connectivity index (χ0) is 14.5. The lowest BCUT2D eigenvalue weighted by Crippen LogP contribution is -2.41. The number of rotatable bonds is 5. The average molecular weight is 431 g/mol. The minimum Gasteiger partial charge on any atom is -0.356 e. The highest BCUT2D eigenvalue weighted by atomic mass is 127. The maximum absolute atomic E-state index is 4.45. The number of aliphatic imine (C=N–C) groups is 1. The molecule has 0 amide bonds. The number of thioether (sulfide) groups is 1. The van der Waals surface area contributed by atoms with Crippen molar-refractivity contribution in [2.24, 2.45) is 16.8 Å². The van der Waals surface area contributed by atoms with Crippen molar-refractivity contribution in [1.29, 1.82) is 0 Å². The Morgan fingerprint density at radius 1 is 1.23 bits per heavy atom. The first-order valence-corrected chi connectivity index (χ1v) is 8.97.